The molecule has 0 spiro atoms. The van der Waals surface area contributed by atoms with E-state index in [4.69, 9.17) is 21.1 Å². The van der Waals surface area contributed by atoms with Crippen LogP contribution < -0.4 is 4.74 Å². The lowest BCUT2D eigenvalue weighted by Crippen LogP contribution is -2.08. The van der Waals surface area contributed by atoms with Crippen LogP contribution in [0, 0.1) is 0 Å². The molecule has 0 fully saturated rings. The molecule has 0 aromatic carbocycles. The topological polar surface area (TPSA) is 31.4 Å². The van der Waals surface area contributed by atoms with Crippen LogP contribution in [-0.4, -0.2) is 30.7 Å². The lowest BCUT2D eigenvalue weighted by atomic mass is 10.5. The van der Waals surface area contributed by atoms with Gasteiger partial charge in [-0.1, -0.05) is 6.07 Å². The van der Waals surface area contributed by atoms with Gasteiger partial charge in [-0.15, -0.1) is 11.6 Å². The van der Waals surface area contributed by atoms with Crippen LogP contribution in [0.5, 0.6) is 5.88 Å². The fraction of sp³-hybridized carbons (Fsp3) is 0.444. The van der Waals surface area contributed by atoms with Crippen molar-refractivity contribution in [2.75, 3.05) is 25.7 Å². The van der Waals surface area contributed by atoms with Crippen LogP contribution in [0.15, 0.2) is 22.8 Å². The Bertz CT molecular complexity index is 273. The summed E-state index contributed by atoms with van der Waals surface area (Å²) in [6.45, 7) is 1.57. The van der Waals surface area contributed by atoms with Crippen LogP contribution in [0.4, 0.5) is 0 Å². The first-order chi connectivity index (χ1) is 6.83. The van der Waals surface area contributed by atoms with E-state index in [0.717, 1.165) is 4.60 Å². The first-order valence-corrected chi connectivity index (χ1v) is 5.55. The van der Waals surface area contributed by atoms with Crippen molar-refractivity contribution in [2.45, 2.75) is 0 Å². The summed E-state index contributed by atoms with van der Waals surface area (Å²) in [6.07, 6.45) is 0. The molecule has 0 amide bonds. The number of nitrogens with zero attached hydrogens (tertiary/aromatic N) is 1. The summed E-state index contributed by atoms with van der Waals surface area (Å²) >= 11 is 8.69. The summed E-state index contributed by atoms with van der Waals surface area (Å²) in [7, 11) is 0. The van der Waals surface area contributed by atoms with E-state index in [9.17, 15) is 0 Å². The predicted octanol–water partition coefficient (Wildman–Crippen LogP) is 2.48. The summed E-state index contributed by atoms with van der Waals surface area (Å²) in [5.74, 6) is 1.10. The standard InChI is InChI=1S/C9H11BrClNO2/c10-8-2-1-3-9(12-8)14-7-6-13-5-4-11/h1-3H,4-7H2. The summed E-state index contributed by atoms with van der Waals surface area (Å²) in [6, 6.07) is 5.51. The highest BCUT2D eigenvalue weighted by atomic mass is 79.9. The lowest BCUT2D eigenvalue weighted by molar-refractivity contribution is 0.109. The molecule has 5 heteroatoms. The Morgan fingerprint density at radius 2 is 2.14 bits per heavy atom. The molecule has 1 heterocycles. The van der Waals surface area contributed by atoms with Gasteiger partial charge in [0.1, 0.15) is 11.2 Å². The number of hydrogen-bond acceptors (Lipinski definition) is 3. The van der Waals surface area contributed by atoms with Crippen molar-refractivity contribution in [1.29, 1.82) is 0 Å². The minimum atomic E-state index is 0.486. The second kappa shape index (κ2) is 7.04. The molecule has 1 aromatic rings. The quantitative estimate of drug-likeness (QED) is 0.456. The zero-order valence-corrected chi connectivity index (χ0v) is 9.92. The van der Waals surface area contributed by atoms with Crippen molar-refractivity contribution in [2.24, 2.45) is 0 Å². The smallest absolute Gasteiger partial charge is 0.214 e. The second-order valence-electron chi connectivity index (χ2n) is 2.45. The Morgan fingerprint density at radius 1 is 1.29 bits per heavy atom. The van der Waals surface area contributed by atoms with Gasteiger partial charge in [-0.25, -0.2) is 4.98 Å². The van der Waals surface area contributed by atoms with Crippen LogP contribution >= 0.6 is 27.5 Å². The fourth-order valence-corrected chi connectivity index (χ4v) is 1.27. The fourth-order valence-electron chi connectivity index (χ4n) is 0.832. The third-order valence-electron chi connectivity index (χ3n) is 1.39. The van der Waals surface area contributed by atoms with Crippen LogP contribution in [0.25, 0.3) is 0 Å². The van der Waals surface area contributed by atoms with E-state index in [0.29, 0.717) is 31.6 Å². The SMILES string of the molecule is ClCCOCCOc1cccc(Br)n1. The Hall–Kier alpha value is -0.320. The minimum absolute atomic E-state index is 0.486. The highest BCUT2D eigenvalue weighted by Crippen LogP contribution is 2.11. The zero-order chi connectivity index (χ0) is 10.2. The van der Waals surface area contributed by atoms with Crippen LogP contribution in [0.1, 0.15) is 0 Å². The molecule has 0 N–H and O–H groups in total. The minimum Gasteiger partial charge on any atom is -0.475 e. The van der Waals surface area contributed by atoms with Crippen molar-refractivity contribution >= 4 is 27.5 Å². The molecular weight excluding hydrogens is 269 g/mol. The number of pyridine rings is 1. The maximum atomic E-state index is 5.43. The van der Waals surface area contributed by atoms with Gasteiger partial charge in [0.05, 0.1) is 13.2 Å². The molecule has 0 radical (unpaired) electrons. The molecule has 1 rings (SSSR count). The molecule has 0 atom stereocenters. The highest BCUT2D eigenvalue weighted by Gasteiger charge is 1.95. The average molecular weight is 281 g/mol. The molecule has 0 saturated heterocycles. The van der Waals surface area contributed by atoms with E-state index in [-0.39, 0.29) is 0 Å². The molecule has 0 saturated carbocycles. The molecular formula is C9H11BrClNO2. The maximum Gasteiger partial charge on any atom is 0.214 e. The van der Waals surface area contributed by atoms with Crippen molar-refractivity contribution in [3.63, 3.8) is 0 Å². The molecule has 78 valence electrons. The predicted molar refractivity (Wildman–Crippen MR) is 59.0 cm³/mol. The van der Waals surface area contributed by atoms with E-state index in [1.54, 1.807) is 6.07 Å². The number of rotatable bonds is 6. The zero-order valence-electron chi connectivity index (χ0n) is 7.58. The molecule has 0 aliphatic carbocycles. The molecule has 0 aliphatic heterocycles. The molecule has 14 heavy (non-hydrogen) atoms. The first kappa shape index (κ1) is 11.8. The normalized spacial score (nSPS) is 10.1. The number of hydrogen-bond donors (Lipinski definition) is 0. The van der Waals surface area contributed by atoms with E-state index in [2.05, 4.69) is 20.9 Å². The lowest BCUT2D eigenvalue weighted by Gasteiger charge is -2.05. The molecule has 0 unspecified atom stereocenters. The molecule has 0 bridgehead atoms. The van der Waals surface area contributed by atoms with Crippen molar-refractivity contribution in [3.05, 3.63) is 22.8 Å². The van der Waals surface area contributed by atoms with E-state index >= 15 is 0 Å². The van der Waals surface area contributed by atoms with Crippen molar-refractivity contribution < 1.29 is 9.47 Å². The second-order valence-corrected chi connectivity index (χ2v) is 3.64. The highest BCUT2D eigenvalue weighted by molar-refractivity contribution is 9.10. The van der Waals surface area contributed by atoms with Crippen LogP contribution in [0.3, 0.4) is 0 Å². The van der Waals surface area contributed by atoms with Gasteiger partial charge < -0.3 is 9.47 Å². The Labute approximate surface area is 96.5 Å². The number of alkyl halides is 1. The van der Waals surface area contributed by atoms with Gasteiger partial charge in [-0.2, -0.15) is 0 Å². The summed E-state index contributed by atoms with van der Waals surface area (Å²) in [4.78, 5) is 4.10. The Kier molecular flexibility index (Phi) is 5.91. The van der Waals surface area contributed by atoms with Gasteiger partial charge >= 0.3 is 0 Å². The van der Waals surface area contributed by atoms with Crippen LogP contribution in [0.2, 0.25) is 0 Å². The largest absolute Gasteiger partial charge is 0.475 e. The summed E-state index contributed by atoms with van der Waals surface area (Å²) < 4.78 is 11.2. The molecule has 3 nitrogen and oxygen atoms in total. The molecule has 0 aliphatic rings. The summed E-state index contributed by atoms with van der Waals surface area (Å²) in [5, 5.41) is 0. The maximum absolute atomic E-state index is 5.43. The van der Waals surface area contributed by atoms with E-state index in [1.807, 2.05) is 12.1 Å². The van der Waals surface area contributed by atoms with E-state index in [1.165, 1.54) is 0 Å². The van der Waals surface area contributed by atoms with Gasteiger partial charge in [0.2, 0.25) is 5.88 Å². The van der Waals surface area contributed by atoms with Crippen molar-refractivity contribution in [1.82, 2.24) is 4.98 Å². The van der Waals surface area contributed by atoms with Gasteiger partial charge in [0, 0.05) is 11.9 Å². The average Bonchev–Trinajstić information content (AvgIpc) is 2.18. The number of halogens is 2. The number of ether oxygens (including phenoxy) is 2. The Morgan fingerprint density at radius 3 is 2.86 bits per heavy atom. The summed E-state index contributed by atoms with van der Waals surface area (Å²) in [5.41, 5.74) is 0. The van der Waals surface area contributed by atoms with Gasteiger partial charge in [0.25, 0.3) is 0 Å². The van der Waals surface area contributed by atoms with Crippen molar-refractivity contribution in [3.8, 4) is 5.88 Å². The van der Waals surface area contributed by atoms with Gasteiger partial charge in [0.15, 0.2) is 0 Å². The first-order valence-electron chi connectivity index (χ1n) is 4.22. The third kappa shape index (κ3) is 4.79. The van der Waals surface area contributed by atoms with Gasteiger partial charge in [-0.05, 0) is 22.0 Å². The Balaban J connectivity index is 2.18. The number of aromatic nitrogens is 1. The monoisotopic (exact) mass is 279 g/mol. The van der Waals surface area contributed by atoms with Gasteiger partial charge in [-0.3, -0.25) is 0 Å². The third-order valence-corrected chi connectivity index (χ3v) is 1.98. The van der Waals surface area contributed by atoms with E-state index < -0.39 is 0 Å². The molecule has 1 aromatic heterocycles. The van der Waals surface area contributed by atoms with Crippen LogP contribution in [-0.2, 0) is 4.74 Å².